The van der Waals surface area contributed by atoms with Gasteiger partial charge in [-0.2, -0.15) is 5.26 Å². The van der Waals surface area contributed by atoms with E-state index in [-0.39, 0.29) is 11.3 Å². The molecule has 1 heterocycles. The summed E-state index contributed by atoms with van der Waals surface area (Å²) < 4.78 is 40.6. The summed E-state index contributed by atoms with van der Waals surface area (Å²) >= 11 is 0. The summed E-state index contributed by atoms with van der Waals surface area (Å²) in [5.41, 5.74) is -1.09. The Kier molecular flexibility index (Phi) is 3.18. The van der Waals surface area contributed by atoms with Crippen molar-refractivity contribution in [2.75, 3.05) is 0 Å². The van der Waals surface area contributed by atoms with Gasteiger partial charge < -0.3 is 4.98 Å². The molecule has 3 nitrogen and oxygen atoms in total. The number of halogens is 3. The van der Waals surface area contributed by atoms with Crippen LogP contribution in [0, 0.1) is 28.8 Å². The molecule has 0 atom stereocenters. The molecule has 0 aliphatic heterocycles. The van der Waals surface area contributed by atoms with Crippen LogP contribution in [0.4, 0.5) is 13.2 Å². The fourth-order valence-electron chi connectivity index (χ4n) is 2.26. The number of nitrogens with one attached hydrogen (secondary N) is 1. The van der Waals surface area contributed by atoms with Crippen LogP contribution in [-0.2, 0) is 0 Å². The molecule has 3 rings (SSSR count). The second-order valence-electron chi connectivity index (χ2n) is 4.59. The lowest BCUT2D eigenvalue weighted by atomic mass is 10.0. The number of hydrogen-bond donors (Lipinski definition) is 1. The lowest BCUT2D eigenvalue weighted by Gasteiger charge is -2.08. The predicted octanol–water partition coefficient (Wildman–Crippen LogP) is 3.48. The number of H-pyrrole nitrogens is 1. The summed E-state index contributed by atoms with van der Waals surface area (Å²) in [5, 5.41) is 8.77. The molecule has 0 radical (unpaired) electrons. The van der Waals surface area contributed by atoms with Crippen LogP contribution in [0.5, 0.6) is 0 Å². The highest BCUT2D eigenvalue weighted by Crippen LogP contribution is 2.25. The van der Waals surface area contributed by atoms with Gasteiger partial charge in [0.2, 0.25) is 5.43 Å². The van der Waals surface area contributed by atoms with Gasteiger partial charge in [-0.05, 0) is 11.6 Å². The van der Waals surface area contributed by atoms with Gasteiger partial charge in [0.15, 0.2) is 17.5 Å². The van der Waals surface area contributed by atoms with Crippen LogP contribution in [-0.4, -0.2) is 4.98 Å². The number of pyridine rings is 1. The highest BCUT2D eigenvalue weighted by molar-refractivity contribution is 5.85. The maximum atomic E-state index is 13.9. The zero-order chi connectivity index (χ0) is 15.9. The third kappa shape index (κ3) is 1.95. The summed E-state index contributed by atoms with van der Waals surface area (Å²) in [6.07, 6.45) is 0. The molecule has 0 amide bonds. The van der Waals surface area contributed by atoms with Gasteiger partial charge >= 0.3 is 0 Å². The van der Waals surface area contributed by atoms with E-state index in [1.165, 1.54) is 0 Å². The summed E-state index contributed by atoms with van der Waals surface area (Å²) in [6.45, 7) is 0. The zero-order valence-electron chi connectivity index (χ0n) is 11.0. The van der Waals surface area contributed by atoms with E-state index in [0.29, 0.717) is 11.6 Å². The molecule has 0 saturated carbocycles. The van der Waals surface area contributed by atoms with Crippen molar-refractivity contribution in [3.05, 3.63) is 69.6 Å². The van der Waals surface area contributed by atoms with Gasteiger partial charge in [-0.1, -0.05) is 30.3 Å². The first-order chi connectivity index (χ1) is 10.5. The molecule has 0 aliphatic rings. The summed E-state index contributed by atoms with van der Waals surface area (Å²) in [5.74, 6) is -4.65. The molecule has 0 saturated heterocycles. The number of hydrogen-bond acceptors (Lipinski definition) is 2. The van der Waals surface area contributed by atoms with E-state index in [2.05, 4.69) is 4.98 Å². The van der Waals surface area contributed by atoms with E-state index >= 15 is 0 Å². The number of fused-ring (bicyclic) bond motifs is 1. The molecule has 0 spiro atoms. The van der Waals surface area contributed by atoms with Gasteiger partial charge in [-0.25, -0.2) is 13.2 Å². The quantitative estimate of drug-likeness (QED) is 0.699. The normalized spacial score (nSPS) is 10.6. The first-order valence-electron chi connectivity index (χ1n) is 6.23. The van der Waals surface area contributed by atoms with Crippen LogP contribution < -0.4 is 5.43 Å². The van der Waals surface area contributed by atoms with Crippen molar-refractivity contribution in [1.29, 1.82) is 5.26 Å². The molecular formula is C16H7F3N2O. The molecule has 22 heavy (non-hydrogen) atoms. The van der Waals surface area contributed by atoms with E-state index < -0.39 is 33.8 Å². The van der Waals surface area contributed by atoms with E-state index in [9.17, 15) is 23.2 Å². The van der Waals surface area contributed by atoms with E-state index in [1.54, 1.807) is 36.4 Å². The Bertz CT molecular complexity index is 988. The standard InChI is InChI=1S/C16H7F3N2O/c17-11-6-9-15(13(19)12(11)18)21-14(10(7-20)16(9)22)8-4-2-1-3-5-8/h1-6H,(H,21,22). The second-order valence-corrected chi connectivity index (χ2v) is 4.59. The maximum Gasteiger partial charge on any atom is 0.207 e. The smallest absolute Gasteiger partial charge is 0.207 e. The van der Waals surface area contributed by atoms with Crippen molar-refractivity contribution in [2.45, 2.75) is 0 Å². The monoisotopic (exact) mass is 300 g/mol. The predicted molar refractivity (Wildman–Crippen MR) is 74.6 cm³/mol. The number of aromatic nitrogens is 1. The van der Waals surface area contributed by atoms with Crippen LogP contribution >= 0.6 is 0 Å². The molecular weight excluding hydrogens is 293 g/mol. The number of nitriles is 1. The van der Waals surface area contributed by atoms with Crippen molar-refractivity contribution in [2.24, 2.45) is 0 Å². The van der Waals surface area contributed by atoms with Gasteiger partial charge in [0, 0.05) is 0 Å². The molecule has 2 aromatic carbocycles. The summed E-state index contributed by atoms with van der Waals surface area (Å²) in [6, 6.07) is 10.6. The molecule has 0 aliphatic carbocycles. The molecule has 3 aromatic rings. The maximum absolute atomic E-state index is 13.9. The van der Waals surface area contributed by atoms with Crippen molar-refractivity contribution in [3.8, 4) is 17.3 Å². The van der Waals surface area contributed by atoms with Crippen LogP contribution in [0.15, 0.2) is 41.2 Å². The minimum atomic E-state index is -1.67. The molecule has 0 bridgehead atoms. The van der Waals surface area contributed by atoms with Crippen LogP contribution in [0.25, 0.3) is 22.2 Å². The molecule has 1 aromatic heterocycles. The Morgan fingerprint density at radius 2 is 1.73 bits per heavy atom. The summed E-state index contributed by atoms with van der Waals surface area (Å²) in [4.78, 5) is 14.8. The van der Waals surface area contributed by atoms with Gasteiger partial charge in [0.05, 0.1) is 16.6 Å². The fraction of sp³-hybridized carbons (Fsp3) is 0. The van der Waals surface area contributed by atoms with Crippen LogP contribution in [0.2, 0.25) is 0 Å². The lowest BCUT2D eigenvalue weighted by molar-refractivity contribution is 0.452. The largest absolute Gasteiger partial charge is 0.351 e. The minimum absolute atomic E-state index is 0.0607. The van der Waals surface area contributed by atoms with Crippen LogP contribution in [0.1, 0.15) is 5.56 Å². The topological polar surface area (TPSA) is 56.6 Å². The van der Waals surface area contributed by atoms with E-state index in [0.717, 1.165) is 0 Å². The van der Waals surface area contributed by atoms with Crippen molar-refractivity contribution in [1.82, 2.24) is 4.98 Å². The second kappa shape index (κ2) is 5.04. The summed E-state index contributed by atoms with van der Waals surface area (Å²) in [7, 11) is 0. The Morgan fingerprint density at radius 3 is 2.36 bits per heavy atom. The average Bonchev–Trinajstić information content (AvgIpc) is 2.54. The third-order valence-electron chi connectivity index (χ3n) is 3.31. The highest BCUT2D eigenvalue weighted by atomic mass is 19.2. The first kappa shape index (κ1) is 13.9. The van der Waals surface area contributed by atoms with Gasteiger partial charge in [-0.15, -0.1) is 0 Å². The highest BCUT2D eigenvalue weighted by Gasteiger charge is 2.20. The SMILES string of the molecule is N#Cc1c(-c2ccccc2)[nH]c2c(F)c(F)c(F)cc2c1=O. The lowest BCUT2D eigenvalue weighted by Crippen LogP contribution is -2.12. The number of rotatable bonds is 1. The van der Waals surface area contributed by atoms with Gasteiger partial charge in [0.25, 0.3) is 0 Å². The Labute approximate surface area is 122 Å². The fourth-order valence-corrected chi connectivity index (χ4v) is 2.26. The molecule has 0 fully saturated rings. The Balaban J connectivity index is 2.50. The van der Waals surface area contributed by atoms with E-state index in [4.69, 9.17) is 0 Å². The van der Waals surface area contributed by atoms with Crippen LogP contribution in [0.3, 0.4) is 0 Å². The number of benzene rings is 2. The first-order valence-corrected chi connectivity index (χ1v) is 6.23. The minimum Gasteiger partial charge on any atom is -0.351 e. The van der Waals surface area contributed by atoms with Crippen molar-refractivity contribution < 1.29 is 13.2 Å². The molecule has 0 unspecified atom stereocenters. The molecule has 6 heteroatoms. The number of aromatic amines is 1. The Morgan fingerprint density at radius 1 is 1.05 bits per heavy atom. The van der Waals surface area contributed by atoms with Crippen molar-refractivity contribution in [3.63, 3.8) is 0 Å². The third-order valence-corrected chi connectivity index (χ3v) is 3.31. The Hall–Kier alpha value is -3.07. The van der Waals surface area contributed by atoms with Crippen molar-refractivity contribution >= 4 is 10.9 Å². The number of nitrogens with zero attached hydrogens (tertiary/aromatic N) is 1. The van der Waals surface area contributed by atoms with Gasteiger partial charge in [0.1, 0.15) is 11.6 Å². The average molecular weight is 300 g/mol. The van der Waals surface area contributed by atoms with E-state index in [1.807, 2.05) is 0 Å². The molecule has 1 N–H and O–H groups in total. The molecule has 108 valence electrons. The zero-order valence-corrected chi connectivity index (χ0v) is 11.0. The van der Waals surface area contributed by atoms with Gasteiger partial charge in [-0.3, -0.25) is 4.79 Å².